The van der Waals surface area contributed by atoms with E-state index in [-0.39, 0.29) is 18.1 Å². The van der Waals surface area contributed by atoms with Gasteiger partial charge in [-0.05, 0) is 18.4 Å². The molecule has 0 saturated carbocycles. The molecule has 26 heavy (non-hydrogen) atoms. The van der Waals surface area contributed by atoms with E-state index in [1.165, 1.54) is 6.92 Å². The number of nitrogens with two attached hydrogens (primary N) is 1. The van der Waals surface area contributed by atoms with Gasteiger partial charge in [-0.3, -0.25) is 19.2 Å². The highest BCUT2D eigenvalue weighted by molar-refractivity contribution is 5.96. The third-order valence-corrected chi connectivity index (χ3v) is 4.13. The Bertz CT molecular complexity index is 657. The molecule has 0 saturated heterocycles. The minimum Gasteiger partial charge on any atom is -0.481 e. The molecule has 3 atom stereocenters. The summed E-state index contributed by atoms with van der Waals surface area (Å²) in [5.74, 6) is -3.26. The molecule has 1 aromatic carbocycles. The molecule has 7 nitrogen and oxygen atoms in total. The van der Waals surface area contributed by atoms with Crippen molar-refractivity contribution in [3.63, 3.8) is 0 Å². The topological polar surface area (TPSA) is 127 Å². The summed E-state index contributed by atoms with van der Waals surface area (Å²) in [6, 6.07) is 6.83. The fourth-order valence-corrected chi connectivity index (χ4v) is 2.69. The molecule has 0 aliphatic rings. The molecule has 1 amide bonds. The van der Waals surface area contributed by atoms with Gasteiger partial charge in [-0.25, -0.2) is 0 Å². The average molecular weight is 362 g/mol. The third-order valence-electron chi connectivity index (χ3n) is 4.13. The normalized spacial score (nSPS) is 14.3. The molecule has 142 valence electrons. The largest absolute Gasteiger partial charge is 0.481 e. The summed E-state index contributed by atoms with van der Waals surface area (Å²) in [4.78, 5) is 47.6. The van der Waals surface area contributed by atoms with Gasteiger partial charge in [-0.2, -0.15) is 0 Å². The number of aliphatic carboxylic acids is 1. The van der Waals surface area contributed by atoms with Crippen LogP contribution in [0.4, 0.5) is 0 Å². The van der Waals surface area contributed by atoms with E-state index in [1.807, 2.05) is 13.8 Å². The second-order valence-electron chi connectivity index (χ2n) is 6.68. The number of benzene rings is 1. The predicted molar refractivity (Wildman–Crippen MR) is 96.5 cm³/mol. The van der Waals surface area contributed by atoms with E-state index in [1.54, 1.807) is 30.3 Å². The maximum atomic E-state index is 12.8. The van der Waals surface area contributed by atoms with Gasteiger partial charge >= 0.3 is 5.97 Å². The van der Waals surface area contributed by atoms with Crippen LogP contribution in [0, 0.1) is 5.92 Å². The van der Waals surface area contributed by atoms with Crippen LogP contribution in [0.15, 0.2) is 30.3 Å². The second-order valence-corrected chi connectivity index (χ2v) is 6.68. The first-order valence-electron chi connectivity index (χ1n) is 8.49. The third kappa shape index (κ3) is 6.40. The van der Waals surface area contributed by atoms with Gasteiger partial charge in [0, 0.05) is 6.42 Å². The number of hydrogen-bond acceptors (Lipinski definition) is 5. The van der Waals surface area contributed by atoms with Gasteiger partial charge in [-0.15, -0.1) is 0 Å². The molecule has 0 fully saturated rings. The minimum absolute atomic E-state index is 0.0992. The smallest absolute Gasteiger partial charge is 0.305 e. The zero-order valence-electron chi connectivity index (χ0n) is 15.3. The number of rotatable bonds is 10. The lowest BCUT2D eigenvalue weighted by molar-refractivity contribution is -0.139. The zero-order valence-corrected chi connectivity index (χ0v) is 15.3. The van der Waals surface area contributed by atoms with Crippen molar-refractivity contribution < 1.29 is 24.3 Å². The van der Waals surface area contributed by atoms with E-state index in [0.717, 1.165) is 0 Å². The molecule has 0 aromatic heterocycles. The van der Waals surface area contributed by atoms with E-state index in [2.05, 4.69) is 5.32 Å². The Balaban J connectivity index is 3.02. The number of amides is 1. The Labute approximate surface area is 153 Å². The highest BCUT2D eigenvalue weighted by Gasteiger charge is 2.30. The highest BCUT2D eigenvalue weighted by atomic mass is 16.4. The van der Waals surface area contributed by atoms with Gasteiger partial charge in [0.25, 0.3) is 0 Å². The molecule has 0 aliphatic carbocycles. The molecule has 0 aliphatic heterocycles. The summed E-state index contributed by atoms with van der Waals surface area (Å²) < 4.78 is 0. The van der Waals surface area contributed by atoms with E-state index in [4.69, 9.17) is 10.8 Å². The standard InChI is InChI=1S/C19H26N2O5/c1-11(2)18(12(3)22)21-19(26)14(13-7-5-4-6-8-13)9-16(23)15(20)10-17(24)25/h4-8,11,14-15,18H,9-10,20H2,1-3H3,(H,21,26)(H,24,25)/t14-,15-,18-/m0/s1. The van der Waals surface area contributed by atoms with E-state index in [0.29, 0.717) is 5.56 Å². The van der Waals surface area contributed by atoms with Gasteiger partial charge in [0.15, 0.2) is 11.6 Å². The number of Topliss-reactive ketones (excluding diaryl/α,β-unsaturated/α-hetero) is 2. The van der Waals surface area contributed by atoms with Crippen LogP contribution in [0.5, 0.6) is 0 Å². The molecule has 0 unspecified atom stereocenters. The van der Waals surface area contributed by atoms with Gasteiger partial charge < -0.3 is 16.2 Å². The van der Waals surface area contributed by atoms with Crippen LogP contribution in [0.1, 0.15) is 45.1 Å². The SMILES string of the molecule is CC(=O)[C@@H](NC(=O)[C@@H](CC(=O)[C@@H](N)CC(=O)O)c1ccccc1)C(C)C. The molecule has 0 spiro atoms. The summed E-state index contributed by atoms with van der Waals surface area (Å²) in [6.45, 7) is 5.03. The van der Waals surface area contributed by atoms with Gasteiger partial charge in [-0.1, -0.05) is 44.2 Å². The van der Waals surface area contributed by atoms with Crippen LogP contribution in [-0.4, -0.2) is 40.6 Å². The monoisotopic (exact) mass is 362 g/mol. The fourth-order valence-electron chi connectivity index (χ4n) is 2.69. The van der Waals surface area contributed by atoms with Gasteiger partial charge in [0.2, 0.25) is 5.91 Å². The molecule has 0 heterocycles. The summed E-state index contributed by atoms with van der Waals surface area (Å²) in [5, 5.41) is 11.5. The second kappa shape index (κ2) is 9.82. The summed E-state index contributed by atoms with van der Waals surface area (Å²) >= 11 is 0. The van der Waals surface area contributed by atoms with Crippen molar-refractivity contribution >= 4 is 23.4 Å². The van der Waals surface area contributed by atoms with E-state index < -0.39 is 42.1 Å². The molecule has 4 N–H and O–H groups in total. The molecule has 1 aromatic rings. The molecular formula is C19H26N2O5. The van der Waals surface area contributed by atoms with Crippen LogP contribution in [0.3, 0.4) is 0 Å². The van der Waals surface area contributed by atoms with Crippen molar-refractivity contribution in [2.24, 2.45) is 11.7 Å². The minimum atomic E-state index is -1.18. The maximum Gasteiger partial charge on any atom is 0.305 e. The summed E-state index contributed by atoms with van der Waals surface area (Å²) in [7, 11) is 0. The first-order valence-corrected chi connectivity index (χ1v) is 8.49. The maximum absolute atomic E-state index is 12.8. The number of nitrogens with one attached hydrogen (secondary N) is 1. The molecule has 7 heteroatoms. The Hall–Kier alpha value is -2.54. The molecule has 0 radical (unpaired) electrons. The van der Waals surface area contributed by atoms with Crippen LogP contribution >= 0.6 is 0 Å². The van der Waals surface area contributed by atoms with Crippen LogP contribution in [0.25, 0.3) is 0 Å². The summed E-state index contributed by atoms with van der Waals surface area (Å²) in [6.07, 6.45) is -0.725. The van der Waals surface area contributed by atoms with Gasteiger partial charge in [0.05, 0.1) is 24.4 Å². The van der Waals surface area contributed by atoms with E-state index >= 15 is 0 Å². The lowest BCUT2D eigenvalue weighted by Crippen LogP contribution is -2.46. The summed E-state index contributed by atoms with van der Waals surface area (Å²) in [5.41, 5.74) is 6.23. The molecule has 1 rings (SSSR count). The van der Waals surface area contributed by atoms with Crippen molar-refractivity contribution in [3.05, 3.63) is 35.9 Å². The Morgan fingerprint density at radius 2 is 1.65 bits per heavy atom. The first kappa shape index (κ1) is 21.5. The molecule has 0 bridgehead atoms. The Morgan fingerprint density at radius 3 is 2.12 bits per heavy atom. The molecular weight excluding hydrogens is 336 g/mol. The van der Waals surface area contributed by atoms with Crippen molar-refractivity contribution in [1.29, 1.82) is 0 Å². The number of carbonyl (C=O) groups excluding carboxylic acids is 3. The predicted octanol–water partition coefficient (Wildman–Crippen LogP) is 1.26. The van der Waals surface area contributed by atoms with Crippen molar-refractivity contribution in [2.75, 3.05) is 0 Å². The number of hydrogen-bond donors (Lipinski definition) is 3. The first-order chi connectivity index (χ1) is 12.1. The number of carboxylic acids is 1. The van der Waals surface area contributed by atoms with Gasteiger partial charge in [0.1, 0.15) is 0 Å². The van der Waals surface area contributed by atoms with Crippen molar-refractivity contribution in [3.8, 4) is 0 Å². The highest BCUT2D eigenvalue weighted by Crippen LogP contribution is 2.22. The fraction of sp³-hybridized carbons (Fsp3) is 0.474. The zero-order chi connectivity index (χ0) is 19.9. The number of carboxylic acid groups (broad SMARTS) is 1. The Kier molecular flexibility index (Phi) is 8.12. The van der Waals surface area contributed by atoms with Crippen LogP contribution in [0.2, 0.25) is 0 Å². The Morgan fingerprint density at radius 1 is 1.08 bits per heavy atom. The number of carbonyl (C=O) groups is 4. The lowest BCUT2D eigenvalue weighted by Gasteiger charge is -2.24. The van der Waals surface area contributed by atoms with E-state index in [9.17, 15) is 19.2 Å². The average Bonchev–Trinajstić information content (AvgIpc) is 2.56. The quantitative estimate of drug-likeness (QED) is 0.575. The van der Waals surface area contributed by atoms with Crippen molar-refractivity contribution in [1.82, 2.24) is 5.32 Å². The lowest BCUT2D eigenvalue weighted by atomic mass is 9.89. The van der Waals surface area contributed by atoms with Crippen molar-refractivity contribution in [2.45, 2.75) is 51.6 Å². The van der Waals surface area contributed by atoms with Crippen LogP contribution in [-0.2, 0) is 19.2 Å². The number of ketones is 2. The van der Waals surface area contributed by atoms with Crippen LogP contribution < -0.4 is 11.1 Å².